The Hall–Kier alpha value is -1.92. The lowest BCUT2D eigenvalue weighted by Gasteiger charge is -2.21. The van der Waals surface area contributed by atoms with Crippen LogP contribution in [0.25, 0.3) is 0 Å². The van der Waals surface area contributed by atoms with Crippen LogP contribution < -0.4 is 5.32 Å². The molecule has 1 aliphatic carbocycles. The van der Waals surface area contributed by atoms with Gasteiger partial charge >= 0.3 is 6.09 Å². The van der Waals surface area contributed by atoms with E-state index < -0.39 is 23.9 Å². The smallest absolute Gasteiger partial charge is 0.407 e. The fourth-order valence-corrected chi connectivity index (χ4v) is 2.68. The van der Waals surface area contributed by atoms with Crippen LogP contribution in [0.5, 0.6) is 0 Å². The van der Waals surface area contributed by atoms with Crippen LogP contribution >= 0.6 is 0 Å². The first kappa shape index (κ1) is 18.4. The lowest BCUT2D eigenvalue weighted by Crippen LogP contribution is -2.34. The van der Waals surface area contributed by atoms with Gasteiger partial charge in [0.25, 0.3) is 0 Å². The molecule has 0 heterocycles. The highest BCUT2D eigenvalue weighted by molar-refractivity contribution is 6.00. The predicted octanol–water partition coefficient (Wildman–Crippen LogP) is 2.12. The molecule has 1 amide bonds. The van der Waals surface area contributed by atoms with Crippen LogP contribution in [-0.2, 0) is 11.2 Å². The van der Waals surface area contributed by atoms with E-state index in [0.29, 0.717) is 24.0 Å². The molecule has 0 aromatic heterocycles. The summed E-state index contributed by atoms with van der Waals surface area (Å²) < 4.78 is 5.10. The molecule has 0 fully saturated rings. The standard InChI is InChI=1S/C18H25NO5/c1-18(2,3)24-17(23)19-9-8-15(21)16(22)12-4-6-13-11(10-12)5-7-14(13)20/h4,6,10,15-16,21-22H,5,7-9H2,1-3H3,(H,19,23). The first-order valence-electron chi connectivity index (χ1n) is 8.16. The predicted molar refractivity (Wildman–Crippen MR) is 88.9 cm³/mol. The number of amides is 1. The Morgan fingerprint density at radius 1 is 1.29 bits per heavy atom. The lowest BCUT2D eigenvalue weighted by molar-refractivity contribution is 0.0123. The van der Waals surface area contributed by atoms with Gasteiger partial charge < -0.3 is 20.3 Å². The van der Waals surface area contributed by atoms with Gasteiger partial charge in [0.2, 0.25) is 0 Å². The molecular formula is C18H25NO5. The van der Waals surface area contributed by atoms with Crippen LogP contribution in [0.2, 0.25) is 0 Å². The fraction of sp³-hybridized carbons (Fsp3) is 0.556. The second-order valence-electron chi connectivity index (χ2n) is 7.07. The number of aryl methyl sites for hydroxylation is 1. The van der Waals surface area contributed by atoms with Crippen LogP contribution in [0.3, 0.4) is 0 Å². The highest BCUT2D eigenvalue weighted by Gasteiger charge is 2.24. The van der Waals surface area contributed by atoms with Crippen molar-refractivity contribution in [3.63, 3.8) is 0 Å². The van der Waals surface area contributed by atoms with Crippen molar-refractivity contribution in [2.75, 3.05) is 6.54 Å². The summed E-state index contributed by atoms with van der Waals surface area (Å²) in [6, 6.07) is 5.14. The summed E-state index contributed by atoms with van der Waals surface area (Å²) in [5.41, 5.74) is 1.61. The van der Waals surface area contributed by atoms with Crippen molar-refractivity contribution in [2.45, 2.75) is 57.8 Å². The van der Waals surface area contributed by atoms with Crippen molar-refractivity contribution in [2.24, 2.45) is 0 Å². The first-order valence-corrected chi connectivity index (χ1v) is 8.16. The Balaban J connectivity index is 1.85. The first-order chi connectivity index (χ1) is 11.2. The molecule has 0 spiro atoms. The molecule has 2 atom stereocenters. The maximum Gasteiger partial charge on any atom is 0.407 e. The monoisotopic (exact) mass is 335 g/mol. The van der Waals surface area contributed by atoms with Crippen LogP contribution in [-0.4, -0.2) is 40.3 Å². The normalized spacial score (nSPS) is 16.5. The number of aliphatic hydroxyl groups is 2. The molecule has 0 saturated heterocycles. The van der Waals surface area contributed by atoms with Crippen LogP contribution in [0.15, 0.2) is 18.2 Å². The van der Waals surface area contributed by atoms with Gasteiger partial charge in [-0.3, -0.25) is 4.79 Å². The molecule has 0 radical (unpaired) electrons. The van der Waals surface area contributed by atoms with Crippen molar-refractivity contribution >= 4 is 11.9 Å². The molecule has 0 aliphatic heterocycles. The molecule has 1 aliphatic rings. The quantitative estimate of drug-likeness (QED) is 0.766. The summed E-state index contributed by atoms with van der Waals surface area (Å²) >= 11 is 0. The number of fused-ring (bicyclic) bond motifs is 1. The minimum atomic E-state index is -1.06. The molecule has 0 saturated carbocycles. The Morgan fingerprint density at radius 3 is 2.67 bits per heavy atom. The molecule has 6 nitrogen and oxygen atoms in total. The molecule has 1 aromatic rings. The Bertz CT molecular complexity index is 620. The van der Waals surface area contributed by atoms with Gasteiger partial charge in [-0.2, -0.15) is 0 Å². The molecular weight excluding hydrogens is 310 g/mol. The Morgan fingerprint density at radius 2 is 2.00 bits per heavy atom. The number of nitrogens with one attached hydrogen (secondary N) is 1. The summed E-state index contributed by atoms with van der Waals surface area (Å²) in [5, 5.41) is 22.9. The zero-order chi connectivity index (χ0) is 17.9. The Kier molecular flexibility index (Phi) is 5.62. The minimum absolute atomic E-state index is 0.119. The number of ketones is 1. The largest absolute Gasteiger partial charge is 0.444 e. The highest BCUT2D eigenvalue weighted by atomic mass is 16.6. The molecule has 1 aromatic carbocycles. The summed E-state index contributed by atoms with van der Waals surface area (Å²) in [5.74, 6) is 0.119. The SMILES string of the molecule is CC(C)(C)OC(=O)NCCC(O)C(O)c1ccc2c(c1)CCC2=O. The molecule has 132 valence electrons. The number of carbonyl (C=O) groups is 2. The number of rotatable bonds is 5. The second-order valence-corrected chi connectivity index (χ2v) is 7.07. The van der Waals surface area contributed by atoms with Gasteiger partial charge in [0, 0.05) is 18.5 Å². The third-order valence-corrected chi connectivity index (χ3v) is 3.87. The summed E-state index contributed by atoms with van der Waals surface area (Å²) in [7, 11) is 0. The number of benzene rings is 1. The summed E-state index contributed by atoms with van der Waals surface area (Å²) in [6.07, 6.45) is -1.28. The highest BCUT2D eigenvalue weighted by Crippen LogP contribution is 2.27. The molecule has 2 unspecified atom stereocenters. The molecule has 0 bridgehead atoms. The number of hydrogen-bond donors (Lipinski definition) is 3. The second kappa shape index (κ2) is 7.32. The minimum Gasteiger partial charge on any atom is -0.444 e. The van der Waals surface area contributed by atoms with Crippen molar-refractivity contribution in [3.05, 3.63) is 34.9 Å². The molecule has 24 heavy (non-hydrogen) atoms. The van der Waals surface area contributed by atoms with Gasteiger partial charge in [0.05, 0.1) is 6.10 Å². The third-order valence-electron chi connectivity index (χ3n) is 3.87. The summed E-state index contributed by atoms with van der Waals surface area (Å²) in [6.45, 7) is 5.49. The fourth-order valence-electron chi connectivity index (χ4n) is 2.68. The van der Waals surface area contributed by atoms with Gasteiger partial charge in [0.1, 0.15) is 11.7 Å². The van der Waals surface area contributed by atoms with E-state index in [2.05, 4.69) is 5.32 Å². The molecule has 3 N–H and O–H groups in total. The van der Waals surface area contributed by atoms with E-state index in [-0.39, 0.29) is 18.7 Å². The molecule has 2 rings (SSSR count). The Labute approximate surface area is 141 Å². The van der Waals surface area contributed by atoms with E-state index in [1.165, 1.54) is 0 Å². The van der Waals surface area contributed by atoms with E-state index in [1.54, 1.807) is 39.0 Å². The van der Waals surface area contributed by atoms with E-state index >= 15 is 0 Å². The van der Waals surface area contributed by atoms with E-state index in [1.807, 2.05) is 0 Å². The number of hydrogen-bond acceptors (Lipinski definition) is 5. The zero-order valence-electron chi connectivity index (χ0n) is 14.3. The van der Waals surface area contributed by atoms with E-state index in [9.17, 15) is 19.8 Å². The maximum atomic E-state index is 11.6. The lowest BCUT2D eigenvalue weighted by atomic mass is 9.98. The number of Topliss-reactive ketones (excluding diaryl/α,β-unsaturated/α-hetero) is 1. The van der Waals surface area contributed by atoms with E-state index in [0.717, 1.165) is 5.56 Å². The van der Waals surface area contributed by atoms with Crippen LogP contribution in [0.4, 0.5) is 4.79 Å². The zero-order valence-corrected chi connectivity index (χ0v) is 14.3. The molecule has 6 heteroatoms. The van der Waals surface area contributed by atoms with Gasteiger partial charge in [-0.1, -0.05) is 18.2 Å². The average molecular weight is 335 g/mol. The van der Waals surface area contributed by atoms with Gasteiger partial charge in [-0.15, -0.1) is 0 Å². The average Bonchev–Trinajstić information content (AvgIpc) is 2.85. The topological polar surface area (TPSA) is 95.9 Å². The van der Waals surface area contributed by atoms with Crippen LogP contribution in [0, 0.1) is 0 Å². The number of alkyl carbamates (subject to hydrolysis) is 1. The third kappa shape index (κ3) is 4.79. The van der Waals surface area contributed by atoms with E-state index in [4.69, 9.17) is 4.74 Å². The summed E-state index contributed by atoms with van der Waals surface area (Å²) in [4.78, 5) is 23.2. The van der Waals surface area contributed by atoms with Crippen LogP contribution in [0.1, 0.15) is 61.2 Å². The number of aliphatic hydroxyl groups excluding tert-OH is 2. The van der Waals surface area contributed by atoms with Crippen molar-refractivity contribution in [1.29, 1.82) is 0 Å². The van der Waals surface area contributed by atoms with Crippen molar-refractivity contribution in [3.8, 4) is 0 Å². The van der Waals surface area contributed by atoms with Crippen molar-refractivity contribution < 1.29 is 24.5 Å². The maximum absolute atomic E-state index is 11.6. The van der Waals surface area contributed by atoms with Gasteiger partial charge in [-0.25, -0.2) is 4.79 Å². The van der Waals surface area contributed by atoms with Crippen molar-refractivity contribution in [1.82, 2.24) is 5.32 Å². The number of ether oxygens (including phenoxy) is 1. The van der Waals surface area contributed by atoms with Gasteiger partial charge in [0.15, 0.2) is 5.78 Å². The number of carbonyl (C=O) groups excluding carboxylic acids is 2. The van der Waals surface area contributed by atoms with Gasteiger partial charge in [-0.05, 0) is 44.7 Å².